The molecule has 142 valence electrons. The van der Waals surface area contributed by atoms with Crippen molar-refractivity contribution in [2.45, 2.75) is 43.9 Å². The maximum Gasteiger partial charge on any atom is 0.416 e. The van der Waals surface area contributed by atoms with E-state index >= 15 is 0 Å². The SMILES string of the molecule is CN1C(=O)CCC1C(=O)NC1CCN(c2cccc(C(F)(F)F)c2)CC1. The van der Waals surface area contributed by atoms with Gasteiger partial charge in [-0.05, 0) is 37.5 Å². The number of likely N-dealkylation sites (N-methyl/N-ethyl adjacent to an activating group) is 1. The van der Waals surface area contributed by atoms with Gasteiger partial charge in [0.05, 0.1) is 5.56 Å². The van der Waals surface area contributed by atoms with Gasteiger partial charge in [-0.25, -0.2) is 0 Å². The fourth-order valence-electron chi connectivity index (χ4n) is 3.57. The molecule has 2 aliphatic rings. The first-order chi connectivity index (χ1) is 12.3. The van der Waals surface area contributed by atoms with Gasteiger partial charge >= 0.3 is 6.18 Å². The largest absolute Gasteiger partial charge is 0.416 e. The summed E-state index contributed by atoms with van der Waals surface area (Å²) < 4.78 is 38.6. The fourth-order valence-corrected chi connectivity index (χ4v) is 3.57. The van der Waals surface area contributed by atoms with E-state index in [2.05, 4.69) is 5.32 Å². The Balaban J connectivity index is 1.55. The lowest BCUT2D eigenvalue weighted by atomic mass is 10.0. The number of carbonyl (C=O) groups excluding carboxylic acids is 2. The molecule has 1 aromatic rings. The molecular weight excluding hydrogens is 347 g/mol. The van der Waals surface area contributed by atoms with Crippen molar-refractivity contribution in [3.63, 3.8) is 0 Å². The molecule has 2 fully saturated rings. The highest BCUT2D eigenvalue weighted by Gasteiger charge is 2.35. The van der Waals surface area contributed by atoms with E-state index in [0.29, 0.717) is 44.5 Å². The van der Waals surface area contributed by atoms with Gasteiger partial charge in [0.2, 0.25) is 11.8 Å². The van der Waals surface area contributed by atoms with Crippen molar-refractivity contribution in [3.8, 4) is 0 Å². The molecule has 1 unspecified atom stereocenters. The minimum Gasteiger partial charge on any atom is -0.371 e. The Morgan fingerprint density at radius 1 is 1.19 bits per heavy atom. The van der Waals surface area contributed by atoms with Crippen molar-refractivity contribution in [1.29, 1.82) is 0 Å². The van der Waals surface area contributed by atoms with Crippen LogP contribution in [-0.4, -0.2) is 48.9 Å². The van der Waals surface area contributed by atoms with Crippen LogP contribution in [0.2, 0.25) is 0 Å². The number of benzene rings is 1. The van der Waals surface area contributed by atoms with Crippen LogP contribution in [0, 0.1) is 0 Å². The van der Waals surface area contributed by atoms with E-state index in [0.717, 1.165) is 12.1 Å². The molecule has 0 bridgehead atoms. The summed E-state index contributed by atoms with van der Waals surface area (Å²) in [5.74, 6) is -0.166. The summed E-state index contributed by atoms with van der Waals surface area (Å²) in [6.07, 6.45) is -2.11. The number of piperidine rings is 1. The van der Waals surface area contributed by atoms with E-state index in [-0.39, 0.29) is 17.9 Å². The Kier molecular flexibility index (Phi) is 5.11. The van der Waals surface area contributed by atoms with Crippen molar-refractivity contribution in [1.82, 2.24) is 10.2 Å². The number of amides is 2. The second kappa shape index (κ2) is 7.17. The van der Waals surface area contributed by atoms with Gasteiger partial charge < -0.3 is 15.1 Å². The number of hydrogen-bond donors (Lipinski definition) is 1. The van der Waals surface area contributed by atoms with Crippen LogP contribution in [0.1, 0.15) is 31.2 Å². The summed E-state index contributed by atoms with van der Waals surface area (Å²) in [4.78, 5) is 27.3. The molecule has 0 spiro atoms. The molecule has 1 N–H and O–H groups in total. The van der Waals surface area contributed by atoms with Crippen LogP contribution in [0.15, 0.2) is 24.3 Å². The highest BCUT2D eigenvalue weighted by atomic mass is 19.4. The van der Waals surface area contributed by atoms with Gasteiger partial charge in [0.15, 0.2) is 0 Å². The first-order valence-corrected chi connectivity index (χ1v) is 8.74. The number of alkyl halides is 3. The maximum absolute atomic E-state index is 12.9. The zero-order valence-corrected chi connectivity index (χ0v) is 14.6. The van der Waals surface area contributed by atoms with E-state index < -0.39 is 17.8 Å². The van der Waals surface area contributed by atoms with Crippen LogP contribution in [0.4, 0.5) is 18.9 Å². The normalized spacial score (nSPS) is 22.0. The van der Waals surface area contributed by atoms with E-state index in [1.807, 2.05) is 4.90 Å². The molecular formula is C18H22F3N3O2. The first-order valence-electron chi connectivity index (χ1n) is 8.74. The summed E-state index contributed by atoms with van der Waals surface area (Å²) in [5, 5.41) is 2.98. The molecule has 2 saturated heterocycles. The van der Waals surface area contributed by atoms with Gasteiger partial charge in [0.1, 0.15) is 6.04 Å². The van der Waals surface area contributed by atoms with Crippen LogP contribution < -0.4 is 10.2 Å². The standard InChI is InChI=1S/C18H22F3N3O2/c1-23-15(5-6-16(23)25)17(26)22-13-7-9-24(10-8-13)14-4-2-3-12(11-14)18(19,20)21/h2-4,11,13,15H,5-10H2,1H3,(H,22,26). The summed E-state index contributed by atoms with van der Waals surface area (Å²) in [5.41, 5.74) is -0.106. The average Bonchev–Trinajstić information content (AvgIpc) is 2.94. The molecule has 2 amide bonds. The van der Waals surface area contributed by atoms with Crippen LogP contribution in [0.25, 0.3) is 0 Å². The highest BCUT2D eigenvalue weighted by Crippen LogP contribution is 2.32. The molecule has 0 radical (unpaired) electrons. The van der Waals surface area contributed by atoms with Gasteiger partial charge in [0.25, 0.3) is 0 Å². The zero-order chi connectivity index (χ0) is 18.9. The summed E-state index contributed by atoms with van der Waals surface area (Å²) >= 11 is 0. The molecule has 26 heavy (non-hydrogen) atoms. The minimum absolute atomic E-state index is 0.0198. The number of halogens is 3. The number of nitrogens with one attached hydrogen (secondary N) is 1. The third kappa shape index (κ3) is 3.94. The summed E-state index contributed by atoms with van der Waals surface area (Å²) in [6, 6.07) is 4.89. The second-order valence-corrected chi connectivity index (χ2v) is 6.88. The van der Waals surface area contributed by atoms with Crippen molar-refractivity contribution < 1.29 is 22.8 Å². The number of rotatable bonds is 3. The van der Waals surface area contributed by atoms with Crippen molar-refractivity contribution >= 4 is 17.5 Å². The zero-order valence-electron chi connectivity index (χ0n) is 14.6. The molecule has 3 rings (SSSR count). The van der Waals surface area contributed by atoms with Crippen molar-refractivity contribution in [3.05, 3.63) is 29.8 Å². The topological polar surface area (TPSA) is 52.7 Å². The van der Waals surface area contributed by atoms with Crippen molar-refractivity contribution in [2.24, 2.45) is 0 Å². The molecule has 1 atom stereocenters. The third-order valence-electron chi connectivity index (χ3n) is 5.18. The number of carbonyl (C=O) groups is 2. The lowest BCUT2D eigenvalue weighted by Crippen LogP contribution is -2.50. The third-order valence-corrected chi connectivity index (χ3v) is 5.18. The number of hydrogen-bond acceptors (Lipinski definition) is 3. The van der Waals surface area contributed by atoms with Gasteiger partial charge in [0, 0.05) is 38.3 Å². The van der Waals surface area contributed by atoms with Crippen LogP contribution in [0.3, 0.4) is 0 Å². The Hall–Kier alpha value is -2.25. The first kappa shape index (κ1) is 18.5. The smallest absolute Gasteiger partial charge is 0.371 e. The van der Waals surface area contributed by atoms with E-state index in [4.69, 9.17) is 0 Å². The van der Waals surface area contributed by atoms with E-state index in [1.54, 1.807) is 13.1 Å². The van der Waals surface area contributed by atoms with Crippen molar-refractivity contribution in [2.75, 3.05) is 25.0 Å². The highest BCUT2D eigenvalue weighted by molar-refractivity contribution is 5.90. The lowest BCUT2D eigenvalue weighted by Gasteiger charge is -2.35. The Morgan fingerprint density at radius 3 is 2.46 bits per heavy atom. The molecule has 0 aromatic heterocycles. The molecule has 2 heterocycles. The fraction of sp³-hybridized carbons (Fsp3) is 0.556. The predicted molar refractivity (Wildman–Crippen MR) is 90.6 cm³/mol. The summed E-state index contributed by atoms with van der Waals surface area (Å²) in [7, 11) is 1.63. The van der Waals surface area contributed by atoms with Crippen LogP contribution >= 0.6 is 0 Å². The van der Waals surface area contributed by atoms with E-state index in [9.17, 15) is 22.8 Å². The predicted octanol–water partition coefficient (Wildman–Crippen LogP) is 2.41. The van der Waals surface area contributed by atoms with Gasteiger partial charge in [-0.1, -0.05) is 6.07 Å². The minimum atomic E-state index is -4.35. The van der Waals surface area contributed by atoms with Crippen LogP contribution in [0.5, 0.6) is 0 Å². The second-order valence-electron chi connectivity index (χ2n) is 6.88. The molecule has 0 saturated carbocycles. The number of nitrogens with zero attached hydrogens (tertiary/aromatic N) is 2. The maximum atomic E-state index is 12.9. The Morgan fingerprint density at radius 2 is 1.88 bits per heavy atom. The number of likely N-dealkylation sites (tertiary alicyclic amines) is 1. The van der Waals surface area contributed by atoms with Crippen LogP contribution in [-0.2, 0) is 15.8 Å². The van der Waals surface area contributed by atoms with E-state index in [1.165, 1.54) is 11.0 Å². The molecule has 2 aliphatic heterocycles. The van der Waals surface area contributed by atoms with Gasteiger partial charge in [-0.2, -0.15) is 13.2 Å². The quantitative estimate of drug-likeness (QED) is 0.890. The van der Waals surface area contributed by atoms with Gasteiger partial charge in [-0.3, -0.25) is 9.59 Å². The number of anilines is 1. The monoisotopic (exact) mass is 369 g/mol. The Labute approximate surface area is 150 Å². The molecule has 0 aliphatic carbocycles. The molecule has 8 heteroatoms. The molecule has 5 nitrogen and oxygen atoms in total. The molecule has 1 aromatic carbocycles. The lowest BCUT2D eigenvalue weighted by molar-refractivity contribution is -0.137. The average molecular weight is 369 g/mol. The Bertz CT molecular complexity index is 685. The summed E-state index contributed by atoms with van der Waals surface area (Å²) in [6.45, 7) is 1.15. The van der Waals surface area contributed by atoms with Gasteiger partial charge in [-0.15, -0.1) is 0 Å².